The number of hydrogen-bond acceptors (Lipinski definition) is 6. The van der Waals surface area contributed by atoms with Gasteiger partial charge in [-0.15, -0.1) is 0 Å². The van der Waals surface area contributed by atoms with E-state index in [-0.39, 0.29) is 11.9 Å². The molecule has 0 spiro atoms. The molecule has 1 aliphatic rings. The van der Waals surface area contributed by atoms with Crippen LogP contribution in [-0.4, -0.2) is 66.1 Å². The number of likely N-dealkylation sites (tertiary alicyclic amines) is 1. The van der Waals surface area contributed by atoms with E-state index in [1.165, 1.54) is 18.4 Å². The summed E-state index contributed by atoms with van der Waals surface area (Å²) in [4.78, 5) is 11.3. The molecule has 4 rings (SSSR count). The zero-order valence-corrected chi connectivity index (χ0v) is 21.7. The third-order valence-electron chi connectivity index (χ3n) is 6.64. The minimum atomic E-state index is -3.35. The zero-order chi connectivity index (χ0) is 25.5. The van der Waals surface area contributed by atoms with Gasteiger partial charge >= 0.3 is 0 Å². The maximum atomic E-state index is 13.4. The molecular formula is C27H34FN5O2S. The third kappa shape index (κ3) is 7.09. The van der Waals surface area contributed by atoms with Crippen LogP contribution in [0.3, 0.4) is 0 Å². The lowest BCUT2D eigenvalue weighted by molar-refractivity contribution is 0.162. The number of rotatable bonds is 10. The Morgan fingerprint density at radius 1 is 1.08 bits per heavy atom. The molecule has 1 saturated heterocycles. The normalized spacial score (nSPS) is 15.3. The summed E-state index contributed by atoms with van der Waals surface area (Å²) in [6, 6.07) is 16.3. The second kappa shape index (κ2) is 11.9. The Morgan fingerprint density at radius 3 is 2.56 bits per heavy atom. The summed E-state index contributed by atoms with van der Waals surface area (Å²) in [5.74, 6) is 0.251. The minimum absolute atomic E-state index is 0.0133. The van der Waals surface area contributed by atoms with Gasteiger partial charge in [0, 0.05) is 30.9 Å². The molecule has 1 fully saturated rings. The largest absolute Gasteiger partial charge is 0.354 e. The third-order valence-corrected chi connectivity index (χ3v) is 7.92. The number of sulfonamides is 1. The van der Waals surface area contributed by atoms with Gasteiger partial charge in [0.15, 0.2) is 0 Å². The maximum Gasteiger partial charge on any atom is 0.223 e. The lowest BCUT2D eigenvalue weighted by atomic mass is 10.0. The number of piperidine rings is 1. The van der Waals surface area contributed by atoms with Crippen molar-refractivity contribution < 1.29 is 12.8 Å². The Labute approximate surface area is 213 Å². The van der Waals surface area contributed by atoms with Crippen LogP contribution in [-0.2, 0) is 23.0 Å². The van der Waals surface area contributed by atoms with Crippen molar-refractivity contribution in [1.82, 2.24) is 19.2 Å². The molecule has 0 radical (unpaired) electrons. The summed E-state index contributed by atoms with van der Waals surface area (Å²) < 4.78 is 40.4. The fourth-order valence-electron chi connectivity index (χ4n) is 4.67. The predicted octanol–water partition coefficient (Wildman–Crippen LogP) is 4.18. The van der Waals surface area contributed by atoms with E-state index >= 15 is 0 Å². The Hall–Kier alpha value is -2.88. The van der Waals surface area contributed by atoms with Gasteiger partial charge in [-0.3, -0.25) is 0 Å². The lowest BCUT2D eigenvalue weighted by Crippen LogP contribution is -2.46. The molecule has 0 atom stereocenters. The Balaban J connectivity index is 1.44. The summed E-state index contributed by atoms with van der Waals surface area (Å²) in [6.45, 7) is 5.89. The molecule has 7 nitrogen and oxygen atoms in total. The fourth-order valence-corrected chi connectivity index (χ4v) is 5.80. The fraction of sp³-hybridized carbons (Fsp3) is 0.407. The van der Waals surface area contributed by atoms with Crippen LogP contribution in [0.15, 0.2) is 60.8 Å². The topological polar surface area (TPSA) is 78.4 Å². The number of halogens is 1. The van der Waals surface area contributed by atoms with Gasteiger partial charge in [0.1, 0.15) is 5.82 Å². The average molecular weight is 512 g/mol. The monoisotopic (exact) mass is 511 g/mol. The summed E-state index contributed by atoms with van der Waals surface area (Å²) in [5, 5.41) is 3.20. The van der Waals surface area contributed by atoms with Gasteiger partial charge in [-0.05, 0) is 74.3 Å². The maximum absolute atomic E-state index is 13.4. The smallest absolute Gasteiger partial charge is 0.223 e. The van der Waals surface area contributed by atoms with E-state index < -0.39 is 10.0 Å². The molecule has 1 N–H and O–H groups in total. The molecule has 36 heavy (non-hydrogen) atoms. The quantitative estimate of drug-likeness (QED) is 0.440. The minimum Gasteiger partial charge on any atom is -0.354 e. The van der Waals surface area contributed by atoms with Gasteiger partial charge in [-0.2, -0.15) is 4.31 Å². The van der Waals surface area contributed by atoms with Crippen LogP contribution in [0.1, 0.15) is 30.9 Å². The first kappa shape index (κ1) is 26.2. The highest BCUT2D eigenvalue weighted by Gasteiger charge is 2.30. The summed E-state index contributed by atoms with van der Waals surface area (Å²) in [6.07, 6.45) is 5.34. The number of nitrogens with zero attached hydrogens (tertiary/aromatic N) is 4. The van der Waals surface area contributed by atoms with E-state index in [0.29, 0.717) is 25.5 Å². The van der Waals surface area contributed by atoms with Crippen molar-refractivity contribution in [2.24, 2.45) is 0 Å². The van der Waals surface area contributed by atoms with Crippen molar-refractivity contribution in [2.45, 2.75) is 38.8 Å². The number of hydrogen-bond donors (Lipinski definition) is 1. The van der Waals surface area contributed by atoms with Crippen LogP contribution >= 0.6 is 0 Å². The lowest BCUT2D eigenvalue weighted by Gasteiger charge is -2.37. The van der Waals surface area contributed by atoms with Crippen molar-refractivity contribution in [3.8, 4) is 11.3 Å². The molecule has 1 aromatic heterocycles. The van der Waals surface area contributed by atoms with Gasteiger partial charge in [0.2, 0.25) is 16.0 Å². The molecule has 0 saturated carbocycles. The van der Waals surface area contributed by atoms with E-state index in [0.717, 1.165) is 54.9 Å². The number of aromatic nitrogens is 2. The summed E-state index contributed by atoms with van der Waals surface area (Å²) >= 11 is 0. The summed E-state index contributed by atoms with van der Waals surface area (Å²) in [7, 11) is -3.35. The molecule has 0 aliphatic carbocycles. The molecule has 3 aromatic rings. The van der Waals surface area contributed by atoms with E-state index in [1.54, 1.807) is 16.6 Å². The van der Waals surface area contributed by atoms with Crippen LogP contribution in [0.25, 0.3) is 11.3 Å². The van der Waals surface area contributed by atoms with Crippen LogP contribution in [0, 0.1) is 5.82 Å². The number of nitrogens with one attached hydrogen (secondary N) is 1. The van der Waals surface area contributed by atoms with Crippen molar-refractivity contribution in [1.29, 1.82) is 0 Å². The highest BCUT2D eigenvalue weighted by atomic mass is 32.2. The van der Waals surface area contributed by atoms with E-state index in [1.807, 2.05) is 36.4 Å². The van der Waals surface area contributed by atoms with Crippen molar-refractivity contribution >= 4 is 16.0 Å². The molecule has 9 heteroatoms. The molecule has 192 valence electrons. The van der Waals surface area contributed by atoms with Gasteiger partial charge < -0.3 is 10.2 Å². The second-order valence-electron chi connectivity index (χ2n) is 9.25. The van der Waals surface area contributed by atoms with E-state index in [4.69, 9.17) is 0 Å². The first-order chi connectivity index (χ1) is 17.3. The molecule has 0 amide bonds. The molecule has 2 aromatic carbocycles. The van der Waals surface area contributed by atoms with Crippen LogP contribution < -0.4 is 5.32 Å². The van der Waals surface area contributed by atoms with Gasteiger partial charge in [-0.25, -0.2) is 22.8 Å². The Kier molecular flexibility index (Phi) is 8.66. The Morgan fingerprint density at radius 2 is 1.83 bits per heavy atom. The van der Waals surface area contributed by atoms with Gasteiger partial charge in [-0.1, -0.05) is 37.3 Å². The van der Waals surface area contributed by atoms with Crippen molar-refractivity contribution in [3.05, 3.63) is 77.7 Å². The van der Waals surface area contributed by atoms with Crippen molar-refractivity contribution in [2.75, 3.05) is 37.8 Å². The zero-order valence-electron chi connectivity index (χ0n) is 20.9. The van der Waals surface area contributed by atoms with Gasteiger partial charge in [0.25, 0.3) is 0 Å². The SMILES string of the molecule is CCN1CCC(N(Cc2cccc(-c3ccnc(NCCc4cccc(F)c4)n3)c2)S(C)(=O)=O)CC1. The highest BCUT2D eigenvalue weighted by molar-refractivity contribution is 7.88. The molecule has 0 unspecified atom stereocenters. The number of anilines is 1. The average Bonchev–Trinajstić information content (AvgIpc) is 2.87. The van der Waals surface area contributed by atoms with Crippen LogP contribution in [0.2, 0.25) is 0 Å². The molecular weight excluding hydrogens is 477 g/mol. The highest BCUT2D eigenvalue weighted by Crippen LogP contribution is 2.24. The molecule has 2 heterocycles. The summed E-state index contributed by atoms with van der Waals surface area (Å²) in [5.41, 5.74) is 3.48. The molecule has 0 bridgehead atoms. The van der Waals surface area contributed by atoms with Crippen LogP contribution in [0.5, 0.6) is 0 Å². The van der Waals surface area contributed by atoms with Crippen LogP contribution in [0.4, 0.5) is 10.3 Å². The Bertz CT molecular complexity index is 1260. The first-order valence-corrected chi connectivity index (χ1v) is 14.3. The first-order valence-electron chi connectivity index (χ1n) is 12.4. The predicted molar refractivity (Wildman–Crippen MR) is 142 cm³/mol. The van der Waals surface area contributed by atoms with E-state index in [9.17, 15) is 12.8 Å². The second-order valence-corrected chi connectivity index (χ2v) is 11.2. The number of benzene rings is 2. The van der Waals surface area contributed by atoms with Gasteiger partial charge in [0.05, 0.1) is 11.9 Å². The van der Waals surface area contributed by atoms with Crippen molar-refractivity contribution in [3.63, 3.8) is 0 Å². The standard InChI is InChI=1S/C27H34FN5O2S/c1-3-32-16-12-25(13-17-32)33(36(2,34)35)20-22-7-4-8-23(18-22)26-11-15-30-27(31-26)29-14-10-21-6-5-9-24(28)19-21/h4-9,11,15,18-19,25H,3,10,12-14,16-17,20H2,1-2H3,(H,29,30,31). The van der Waals surface area contributed by atoms with E-state index in [2.05, 4.69) is 27.1 Å². The molecule has 1 aliphatic heterocycles.